The van der Waals surface area contributed by atoms with Crippen molar-refractivity contribution in [3.05, 3.63) is 51.9 Å². The molecular weight excluding hydrogens is 341 g/mol. The van der Waals surface area contributed by atoms with E-state index in [9.17, 15) is 13.2 Å². The summed E-state index contributed by atoms with van der Waals surface area (Å²) in [4.78, 5) is 10.6. The van der Waals surface area contributed by atoms with E-state index in [0.717, 1.165) is 12.1 Å². The Morgan fingerprint density at radius 2 is 2.05 bits per heavy atom. The zero-order chi connectivity index (χ0) is 15.6. The van der Waals surface area contributed by atoms with Gasteiger partial charge in [0.15, 0.2) is 0 Å². The number of sulfonamides is 1. The van der Waals surface area contributed by atoms with Gasteiger partial charge in [0.2, 0.25) is 10.0 Å². The second-order valence-electron chi connectivity index (χ2n) is 4.03. The van der Waals surface area contributed by atoms with Crippen LogP contribution in [-0.4, -0.2) is 19.5 Å². The lowest BCUT2D eigenvalue weighted by atomic mass is 10.2. The minimum absolute atomic E-state index is 0.0237. The number of hydrogen-bond acceptors (Lipinski definition) is 4. The summed E-state index contributed by atoms with van der Waals surface area (Å²) in [6.45, 7) is -0.0237. The second kappa shape index (κ2) is 6.07. The first-order valence-electron chi connectivity index (χ1n) is 5.54. The van der Waals surface area contributed by atoms with Crippen molar-refractivity contribution in [1.82, 2.24) is 4.72 Å². The molecule has 1 heterocycles. The smallest absolute Gasteiger partial charge is 0.337 e. The lowest BCUT2D eigenvalue weighted by molar-refractivity contribution is 0.0697. The highest BCUT2D eigenvalue weighted by molar-refractivity contribution is 7.89. The fourth-order valence-corrected chi connectivity index (χ4v) is 3.48. The molecule has 0 atom stereocenters. The van der Waals surface area contributed by atoms with Gasteiger partial charge in [-0.15, -0.1) is 0 Å². The van der Waals surface area contributed by atoms with Gasteiger partial charge in [-0.1, -0.05) is 23.2 Å². The molecule has 0 saturated carbocycles. The number of rotatable bonds is 5. The summed E-state index contributed by atoms with van der Waals surface area (Å²) in [5, 5.41) is 8.55. The molecule has 21 heavy (non-hydrogen) atoms. The first kappa shape index (κ1) is 15.8. The van der Waals surface area contributed by atoms with E-state index in [1.807, 2.05) is 0 Å². The molecule has 0 aliphatic carbocycles. The number of carboxylic acids is 1. The maximum Gasteiger partial charge on any atom is 0.337 e. The van der Waals surface area contributed by atoms with Crippen LogP contribution < -0.4 is 4.72 Å². The predicted molar refractivity (Wildman–Crippen MR) is 76.2 cm³/mol. The van der Waals surface area contributed by atoms with E-state index >= 15 is 0 Å². The molecule has 0 unspecified atom stereocenters. The van der Waals surface area contributed by atoms with Crippen LogP contribution in [0, 0.1) is 0 Å². The van der Waals surface area contributed by atoms with Gasteiger partial charge < -0.3 is 9.52 Å². The third-order valence-corrected chi connectivity index (χ3v) is 4.73. The van der Waals surface area contributed by atoms with Gasteiger partial charge in [-0.05, 0) is 18.2 Å². The fraction of sp³-hybridized carbons (Fsp3) is 0.0833. The molecule has 0 spiro atoms. The molecule has 1 aromatic heterocycles. The van der Waals surface area contributed by atoms with Gasteiger partial charge in [0.1, 0.15) is 4.90 Å². The van der Waals surface area contributed by atoms with Gasteiger partial charge in [0.25, 0.3) is 0 Å². The van der Waals surface area contributed by atoms with Crippen molar-refractivity contribution >= 4 is 39.2 Å². The number of halogens is 2. The summed E-state index contributed by atoms with van der Waals surface area (Å²) in [5.41, 5.74) is 0.225. The highest BCUT2D eigenvalue weighted by Crippen LogP contribution is 2.29. The number of hydrogen-bond donors (Lipinski definition) is 2. The Balaban J connectivity index is 2.37. The van der Waals surface area contributed by atoms with Crippen LogP contribution in [0.4, 0.5) is 0 Å². The van der Waals surface area contributed by atoms with Crippen LogP contribution in [0.25, 0.3) is 0 Å². The topological polar surface area (TPSA) is 96.6 Å². The average molecular weight is 350 g/mol. The Bertz CT molecular complexity index is 771. The van der Waals surface area contributed by atoms with Gasteiger partial charge in [0, 0.05) is 17.1 Å². The number of carboxylic acid groups (broad SMARTS) is 1. The quantitative estimate of drug-likeness (QED) is 0.864. The highest BCUT2D eigenvalue weighted by Gasteiger charge is 2.23. The van der Waals surface area contributed by atoms with Crippen LogP contribution in [0.15, 0.2) is 40.0 Å². The van der Waals surface area contributed by atoms with Crippen molar-refractivity contribution in [3.8, 4) is 0 Å². The van der Waals surface area contributed by atoms with E-state index in [1.54, 1.807) is 6.07 Å². The Labute approximate surface area is 130 Å². The van der Waals surface area contributed by atoms with Crippen molar-refractivity contribution in [2.45, 2.75) is 11.4 Å². The van der Waals surface area contributed by atoms with Crippen molar-refractivity contribution in [2.75, 3.05) is 0 Å². The summed E-state index contributed by atoms with van der Waals surface area (Å²) in [6, 6.07) is 3.76. The Kier molecular flexibility index (Phi) is 4.58. The molecule has 112 valence electrons. The minimum Gasteiger partial charge on any atom is -0.478 e. The van der Waals surface area contributed by atoms with Gasteiger partial charge in [-0.25, -0.2) is 17.9 Å². The van der Waals surface area contributed by atoms with Crippen molar-refractivity contribution in [3.63, 3.8) is 0 Å². The second-order valence-corrected chi connectivity index (χ2v) is 6.58. The first-order valence-corrected chi connectivity index (χ1v) is 7.78. The number of furan rings is 1. The van der Waals surface area contributed by atoms with Gasteiger partial charge in [-0.2, -0.15) is 0 Å². The Hall–Kier alpha value is -1.54. The largest absolute Gasteiger partial charge is 0.478 e. The Morgan fingerprint density at radius 3 is 2.62 bits per heavy atom. The van der Waals surface area contributed by atoms with E-state index in [0.29, 0.717) is 5.56 Å². The van der Waals surface area contributed by atoms with Crippen molar-refractivity contribution < 1.29 is 22.7 Å². The van der Waals surface area contributed by atoms with Crippen LogP contribution in [0.1, 0.15) is 15.9 Å². The molecule has 1 aromatic carbocycles. The molecule has 0 bridgehead atoms. The molecular formula is C12H9Cl2NO5S. The van der Waals surface area contributed by atoms with E-state index in [2.05, 4.69) is 4.72 Å². The zero-order valence-corrected chi connectivity index (χ0v) is 12.7. The number of benzene rings is 1. The number of aromatic carboxylic acids is 1. The van der Waals surface area contributed by atoms with Crippen LogP contribution in [0.3, 0.4) is 0 Å². The monoisotopic (exact) mass is 349 g/mol. The van der Waals surface area contributed by atoms with Crippen LogP contribution in [0.5, 0.6) is 0 Å². The van der Waals surface area contributed by atoms with E-state index in [-0.39, 0.29) is 17.1 Å². The zero-order valence-electron chi connectivity index (χ0n) is 10.3. The summed E-state index contributed by atoms with van der Waals surface area (Å²) in [5.74, 6) is -1.37. The number of nitrogens with one attached hydrogen (secondary N) is 1. The van der Waals surface area contributed by atoms with Crippen LogP contribution in [0.2, 0.25) is 10.0 Å². The average Bonchev–Trinajstić information content (AvgIpc) is 2.91. The standard InChI is InChI=1S/C12H9Cl2NO5S/c13-8-3-9(12(16)17)11(14)10(4-8)21(18,19)15-5-7-1-2-20-6-7/h1-4,6,15H,5H2,(H,16,17). The first-order chi connectivity index (χ1) is 9.81. The molecule has 0 aliphatic rings. The van der Waals surface area contributed by atoms with E-state index in [4.69, 9.17) is 32.7 Å². The van der Waals surface area contributed by atoms with Gasteiger partial charge in [-0.3, -0.25) is 0 Å². The SMILES string of the molecule is O=C(O)c1cc(Cl)cc(S(=O)(=O)NCc2ccoc2)c1Cl. The highest BCUT2D eigenvalue weighted by atomic mass is 35.5. The third-order valence-electron chi connectivity index (χ3n) is 2.57. The normalized spacial score (nSPS) is 11.5. The maximum atomic E-state index is 12.2. The molecule has 0 saturated heterocycles. The summed E-state index contributed by atoms with van der Waals surface area (Å²) in [6.07, 6.45) is 2.78. The van der Waals surface area contributed by atoms with Gasteiger partial charge >= 0.3 is 5.97 Å². The predicted octanol–water partition coefficient (Wildman–Crippen LogP) is 2.76. The maximum absolute atomic E-state index is 12.2. The Morgan fingerprint density at radius 1 is 1.33 bits per heavy atom. The molecule has 2 rings (SSSR count). The van der Waals surface area contributed by atoms with E-state index in [1.165, 1.54) is 12.5 Å². The summed E-state index contributed by atoms with van der Waals surface area (Å²) < 4.78 is 31.5. The molecule has 2 N–H and O–H groups in total. The van der Waals surface area contributed by atoms with Gasteiger partial charge in [0.05, 0.1) is 23.1 Å². The number of carbonyl (C=O) groups is 1. The lowest BCUT2D eigenvalue weighted by Gasteiger charge is -2.10. The molecule has 6 nitrogen and oxygen atoms in total. The molecule has 0 amide bonds. The molecule has 0 aliphatic heterocycles. The van der Waals surface area contributed by atoms with Crippen molar-refractivity contribution in [2.24, 2.45) is 0 Å². The van der Waals surface area contributed by atoms with Crippen LogP contribution >= 0.6 is 23.2 Å². The summed E-state index contributed by atoms with van der Waals surface area (Å²) >= 11 is 11.6. The third kappa shape index (κ3) is 3.56. The fourth-order valence-electron chi connectivity index (χ4n) is 1.56. The lowest BCUT2D eigenvalue weighted by Crippen LogP contribution is -2.24. The van der Waals surface area contributed by atoms with Crippen molar-refractivity contribution in [1.29, 1.82) is 0 Å². The minimum atomic E-state index is -4.02. The molecule has 9 heteroatoms. The summed E-state index contributed by atoms with van der Waals surface area (Å²) in [7, 11) is -4.02. The molecule has 2 aromatic rings. The van der Waals surface area contributed by atoms with Crippen LogP contribution in [-0.2, 0) is 16.6 Å². The molecule has 0 radical (unpaired) electrons. The molecule has 0 fully saturated rings. The van der Waals surface area contributed by atoms with E-state index < -0.39 is 25.9 Å².